The Balaban J connectivity index is 3.60. The molecule has 1 rings (SSSR count). The molecule has 11 heteroatoms. The summed E-state index contributed by atoms with van der Waals surface area (Å²) in [4.78, 5) is 64.8. The van der Waals surface area contributed by atoms with Gasteiger partial charge >= 0.3 is 12.1 Å². The molecule has 0 bridgehead atoms. The van der Waals surface area contributed by atoms with Crippen molar-refractivity contribution in [3.8, 4) is 0 Å². The first-order chi connectivity index (χ1) is 17.1. The van der Waals surface area contributed by atoms with Crippen molar-refractivity contribution in [2.24, 2.45) is 5.73 Å². The average Bonchev–Trinajstić information content (AvgIpc) is 2.76. The Bertz CT molecular complexity index is 983. The normalized spacial score (nSPS) is 13.5. The zero-order valence-electron chi connectivity index (χ0n) is 23.0. The first-order valence-electron chi connectivity index (χ1n) is 12.1. The molecule has 0 fully saturated rings. The van der Waals surface area contributed by atoms with Gasteiger partial charge in [-0.2, -0.15) is 0 Å². The van der Waals surface area contributed by atoms with Gasteiger partial charge in [0.15, 0.2) is 0 Å². The van der Waals surface area contributed by atoms with Gasteiger partial charge < -0.3 is 30.7 Å². The third-order valence-electron chi connectivity index (χ3n) is 5.44. The molecule has 0 saturated heterocycles. The van der Waals surface area contributed by atoms with E-state index < -0.39 is 66.5 Å². The molecule has 4 N–H and O–H groups in total. The van der Waals surface area contributed by atoms with Crippen molar-refractivity contribution in [3.05, 3.63) is 34.9 Å². The molecular weight excluding hydrogens is 480 g/mol. The van der Waals surface area contributed by atoms with E-state index >= 15 is 0 Å². The van der Waals surface area contributed by atoms with Crippen LogP contribution in [-0.2, 0) is 28.7 Å². The molecule has 0 aliphatic heterocycles. The van der Waals surface area contributed by atoms with Crippen LogP contribution in [-0.4, -0.2) is 66.0 Å². The van der Waals surface area contributed by atoms with E-state index in [-0.39, 0.29) is 0 Å². The van der Waals surface area contributed by atoms with Crippen molar-refractivity contribution in [1.29, 1.82) is 0 Å². The van der Waals surface area contributed by atoms with E-state index in [1.165, 1.54) is 12.0 Å². The number of carbonyl (C=O) groups excluding carboxylic acids is 5. The smallest absolute Gasteiger partial charge is 0.408 e. The number of carbonyl (C=O) groups is 5. The highest BCUT2D eigenvalue weighted by Crippen LogP contribution is 2.28. The Morgan fingerprint density at radius 1 is 1.05 bits per heavy atom. The Hall–Kier alpha value is -3.63. The third kappa shape index (κ3) is 10.1. The average molecular weight is 521 g/mol. The summed E-state index contributed by atoms with van der Waals surface area (Å²) in [5.74, 6) is -2.81. The van der Waals surface area contributed by atoms with Crippen LogP contribution in [0.2, 0.25) is 0 Å². The van der Waals surface area contributed by atoms with Crippen molar-refractivity contribution in [2.75, 3.05) is 13.7 Å². The summed E-state index contributed by atoms with van der Waals surface area (Å²) in [6.07, 6.45) is -0.962. The van der Waals surface area contributed by atoms with Gasteiger partial charge in [0.1, 0.15) is 24.2 Å². The number of amides is 4. The molecule has 0 heterocycles. The van der Waals surface area contributed by atoms with Crippen LogP contribution in [0.4, 0.5) is 4.79 Å². The summed E-state index contributed by atoms with van der Waals surface area (Å²) in [7, 11) is 1.20. The molecule has 0 spiro atoms. The van der Waals surface area contributed by atoms with Crippen LogP contribution < -0.4 is 16.4 Å². The Kier molecular flexibility index (Phi) is 11.6. The zero-order valence-corrected chi connectivity index (χ0v) is 23.0. The van der Waals surface area contributed by atoms with Crippen LogP contribution in [0.3, 0.4) is 0 Å². The molecule has 11 nitrogen and oxygen atoms in total. The van der Waals surface area contributed by atoms with Gasteiger partial charge in [0.25, 0.3) is 0 Å². The number of ether oxygens (including phenoxy) is 2. The standard InChI is InChI=1S/C26H40N4O7/c1-9-17(4)30(24(34)19(13-20(27)31)29-25(35)37-26(5,6)7)22(23(33)28-14-21(32)36-8)18-11-15(2)10-16(3)12-18/h10-12,17,19,22H,9,13-14H2,1-8H3,(H2,27,31)(H,28,33)(H,29,35). The molecule has 3 atom stereocenters. The number of esters is 1. The largest absolute Gasteiger partial charge is 0.468 e. The maximum absolute atomic E-state index is 13.9. The molecule has 1 aromatic carbocycles. The monoisotopic (exact) mass is 520 g/mol. The fraction of sp³-hybridized carbons (Fsp3) is 0.577. The minimum Gasteiger partial charge on any atom is -0.468 e. The minimum absolute atomic E-state index is 0.403. The van der Waals surface area contributed by atoms with Crippen LogP contribution in [0.1, 0.15) is 70.2 Å². The van der Waals surface area contributed by atoms with E-state index in [1.54, 1.807) is 39.8 Å². The summed E-state index contributed by atoms with van der Waals surface area (Å²) in [6, 6.07) is 2.38. The summed E-state index contributed by atoms with van der Waals surface area (Å²) in [6.45, 7) is 11.9. The molecule has 0 radical (unpaired) electrons. The van der Waals surface area contributed by atoms with Crippen molar-refractivity contribution < 1.29 is 33.4 Å². The number of alkyl carbamates (subject to hydrolysis) is 1. The van der Waals surface area contributed by atoms with Crippen LogP contribution in [0, 0.1) is 13.8 Å². The second-order valence-corrected chi connectivity index (χ2v) is 9.99. The summed E-state index contributed by atoms with van der Waals surface area (Å²) in [5, 5.41) is 4.96. The summed E-state index contributed by atoms with van der Waals surface area (Å²) >= 11 is 0. The molecule has 206 valence electrons. The molecule has 4 amide bonds. The summed E-state index contributed by atoms with van der Waals surface area (Å²) in [5.41, 5.74) is 6.76. The third-order valence-corrected chi connectivity index (χ3v) is 5.44. The summed E-state index contributed by atoms with van der Waals surface area (Å²) < 4.78 is 9.88. The molecule has 37 heavy (non-hydrogen) atoms. The van der Waals surface area contributed by atoms with Gasteiger partial charge in [-0.05, 0) is 53.5 Å². The Labute approximate surface area is 218 Å². The predicted octanol–water partition coefficient (Wildman–Crippen LogP) is 2.03. The van der Waals surface area contributed by atoms with Gasteiger partial charge in [-0.15, -0.1) is 0 Å². The number of benzene rings is 1. The number of nitrogens with zero attached hydrogens (tertiary/aromatic N) is 1. The number of nitrogens with one attached hydrogen (secondary N) is 2. The molecule has 0 aliphatic rings. The number of aryl methyl sites for hydroxylation is 2. The first kappa shape index (κ1) is 31.4. The van der Waals surface area contributed by atoms with E-state index in [2.05, 4.69) is 15.4 Å². The van der Waals surface area contributed by atoms with Crippen molar-refractivity contribution in [1.82, 2.24) is 15.5 Å². The van der Waals surface area contributed by atoms with Gasteiger partial charge in [0.2, 0.25) is 17.7 Å². The first-order valence-corrected chi connectivity index (χ1v) is 12.1. The topological polar surface area (TPSA) is 157 Å². The van der Waals surface area contributed by atoms with Gasteiger partial charge in [-0.1, -0.05) is 36.2 Å². The second-order valence-electron chi connectivity index (χ2n) is 9.99. The molecule has 3 unspecified atom stereocenters. The lowest BCUT2D eigenvalue weighted by molar-refractivity contribution is -0.147. The van der Waals surface area contributed by atoms with Crippen LogP contribution >= 0.6 is 0 Å². The van der Waals surface area contributed by atoms with Gasteiger partial charge in [0, 0.05) is 6.04 Å². The molecule has 0 saturated carbocycles. The quantitative estimate of drug-likeness (QED) is 0.377. The van der Waals surface area contributed by atoms with Crippen molar-refractivity contribution in [3.63, 3.8) is 0 Å². The van der Waals surface area contributed by atoms with Gasteiger partial charge in [0.05, 0.1) is 13.5 Å². The van der Waals surface area contributed by atoms with Crippen molar-refractivity contribution >= 4 is 29.8 Å². The molecule has 0 aromatic heterocycles. The predicted molar refractivity (Wildman–Crippen MR) is 137 cm³/mol. The maximum atomic E-state index is 13.9. The lowest BCUT2D eigenvalue weighted by Crippen LogP contribution is -2.56. The van der Waals surface area contributed by atoms with E-state index in [0.29, 0.717) is 12.0 Å². The van der Waals surface area contributed by atoms with Crippen LogP contribution in [0.25, 0.3) is 0 Å². The Morgan fingerprint density at radius 2 is 1.62 bits per heavy atom. The molecule has 1 aromatic rings. The highest BCUT2D eigenvalue weighted by Gasteiger charge is 2.39. The number of nitrogens with two attached hydrogens (primary N) is 1. The molecule has 0 aliphatic carbocycles. The fourth-order valence-electron chi connectivity index (χ4n) is 3.76. The number of primary amides is 1. The van der Waals surface area contributed by atoms with Crippen LogP contribution in [0.15, 0.2) is 18.2 Å². The van der Waals surface area contributed by atoms with Gasteiger partial charge in [-0.3, -0.25) is 19.2 Å². The van der Waals surface area contributed by atoms with E-state index in [1.807, 2.05) is 26.8 Å². The highest BCUT2D eigenvalue weighted by atomic mass is 16.6. The van der Waals surface area contributed by atoms with E-state index in [0.717, 1.165) is 11.1 Å². The molecular formula is C26H40N4O7. The van der Waals surface area contributed by atoms with Crippen LogP contribution in [0.5, 0.6) is 0 Å². The second kappa shape index (κ2) is 13.6. The highest BCUT2D eigenvalue weighted by molar-refractivity contribution is 5.95. The Morgan fingerprint density at radius 3 is 2.08 bits per heavy atom. The minimum atomic E-state index is -1.39. The zero-order chi connectivity index (χ0) is 28.5. The lowest BCUT2D eigenvalue weighted by atomic mass is 9.96. The maximum Gasteiger partial charge on any atom is 0.408 e. The SMILES string of the molecule is CCC(C)N(C(=O)C(CC(N)=O)NC(=O)OC(C)(C)C)C(C(=O)NCC(=O)OC)c1cc(C)cc(C)c1. The van der Waals surface area contributed by atoms with E-state index in [9.17, 15) is 24.0 Å². The number of hydrogen-bond acceptors (Lipinski definition) is 7. The fourth-order valence-corrected chi connectivity index (χ4v) is 3.76. The lowest BCUT2D eigenvalue weighted by Gasteiger charge is -2.38. The van der Waals surface area contributed by atoms with E-state index in [4.69, 9.17) is 10.5 Å². The number of hydrogen-bond donors (Lipinski definition) is 3. The number of methoxy groups -OCH3 is 1. The van der Waals surface area contributed by atoms with Gasteiger partial charge in [-0.25, -0.2) is 4.79 Å². The van der Waals surface area contributed by atoms with Crippen molar-refractivity contribution in [2.45, 2.75) is 85.0 Å². The number of rotatable bonds is 11.